The quantitative estimate of drug-likeness (QED) is 0.276. The monoisotopic (exact) mass is 547 g/mol. The fourth-order valence-electron chi connectivity index (χ4n) is 3.39. The molecule has 0 aromatic rings. The summed E-state index contributed by atoms with van der Waals surface area (Å²) in [5.74, 6) is 3.23. The molecule has 0 spiro atoms. The second-order valence-electron chi connectivity index (χ2n) is 6.23. The molecule has 0 amide bonds. The SMILES string of the molecule is C1=CC2[CH-]CCC2C=C1.C1=CC2[CH-]CCC2C=C1.C[SiH]C.[Cl-].[Cl-].[Hf+4]. The summed E-state index contributed by atoms with van der Waals surface area (Å²) in [6.07, 6.45) is 28.1. The van der Waals surface area contributed by atoms with Gasteiger partial charge in [-0.3, -0.25) is 0 Å². The zero-order valence-corrected chi connectivity index (χ0v) is 21.0. The van der Waals surface area contributed by atoms with E-state index >= 15 is 0 Å². The Morgan fingerprint density at radius 2 is 1.04 bits per heavy atom. The van der Waals surface area contributed by atoms with E-state index in [1.807, 2.05) is 0 Å². The minimum absolute atomic E-state index is 0. The molecule has 2 fully saturated rings. The third-order valence-electron chi connectivity index (χ3n) is 4.47. The van der Waals surface area contributed by atoms with Crippen molar-refractivity contribution < 1.29 is 50.7 Å². The molecule has 4 atom stereocenters. The maximum Gasteiger partial charge on any atom is 4.00 e. The molecule has 0 aromatic heterocycles. The van der Waals surface area contributed by atoms with Crippen molar-refractivity contribution in [3.05, 3.63) is 61.4 Å². The van der Waals surface area contributed by atoms with Gasteiger partial charge in [-0.2, -0.15) is 12.8 Å². The van der Waals surface area contributed by atoms with Crippen LogP contribution >= 0.6 is 0 Å². The van der Waals surface area contributed by atoms with Crippen LogP contribution in [0, 0.1) is 36.5 Å². The summed E-state index contributed by atoms with van der Waals surface area (Å²) in [6, 6.07) is 0. The molecular weight excluding hydrogens is 518 g/mol. The van der Waals surface area contributed by atoms with E-state index < -0.39 is 0 Å². The van der Waals surface area contributed by atoms with Crippen LogP contribution in [0.5, 0.6) is 0 Å². The molecule has 1 radical (unpaired) electrons. The molecule has 0 aromatic carbocycles. The Labute approximate surface area is 183 Å². The fourth-order valence-corrected chi connectivity index (χ4v) is 3.39. The van der Waals surface area contributed by atoms with Crippen LogP contribution in [0.3, 0.4) is 0 Å². The number of fused-ring (bicyclic) bond motifs is 2. The van der Waals surface area contributed by atoms with Crippen LogP contribution in [0.15, 0.2) is 48.6 Å². The van der Waals surface area contributed by atoms with E-state index in [1.165, 1.54) is 25.7 Å². The predicted molar refractivity (Wildman–Crippen MR) is 96.5 cm³/mol. The number of hydrogen-bond donors (Lipinski definition) is 0. The third-order valence-corrected chi connectivity index (χ3v) is 4.47. The van der Waals surface area contributed by atoms with Gasteiger partial charge in [0.15, 0.2) is 0 Å². The molecule has 4 unspecified atom stereocenters. The number of halogens is 2. The van der Waals surface area contributed by atoms with Crippen LogP contribution in [-0.2, 0) is 25.8 Å². The molecule has 4 aliphatic rings. The first-order valence-electron chi connectivity index (χ1n) is 8.45. The van der Waals surface area contributed by atoms with Gasteiger partial charge in [-0.05, 0) is 11.8 Å². The molecule has 0 heterocycles. The first-order chi connectivity index (χ1) is 10.3. The zero-order chi connectivity index (χ0) is 14.9. The molecule has 4 heteroatoms. The average Bonchev–Trinajstić information content (AvgIpc) is 3.17. The van der Waals surface area contributed by atoms with Crippen molar-refractivity contribution in [1.29, 1.82) is 0 Å². The van der Waals surface area contributed by atoms with Crippen molar-refractivity contribution in [3.63, 3.8) is 0 Å². The van der Waals surface area contributed by atoms with Gasteiger partial charge < -0.3 is 37.7 Å². The van der Waals surface area contributed by atoms with Gasteiger partial charge >= 0.3 is 25.8 Å². The molecule has 2 saturated carbocycles. The molecule has 131 valence electrons. The van der Waals surface area contributed by atoms with Crippen LogP contribution in [0.1, 0.15) is 25.7 Å². The Hall–Kier alpha value is 0.627. The minimum atomic E-state index is 0. The Balaban J connectivity index is 0. The Kier molecular flexibility index (Phi) is 17.7. The summed E-state index contributed by atoms with van der Waals surface area (Å²) in [5, 5.41) is 0. The molecule has 0 nitrogen and oxygen atoms in total. The summed E-state index contributed by atoms with van der Waals surface area (Å²) < 4.78 is 0. The van der Waals surface area contributed by atoms with Crippen molar-refractivity contribution in [2.45, 2.75) is 38.8 Å². The minimum Gasteiger partial charge on any atom is -1.00 e. The van der Waals surface area contributed by atoms with Crippen molar-refractivity contribution in [1.82, 2.24) is 0 Å². The normalized spacial score (nSPS) is 30.1. The second-order valence-corrected chi connectivity index (χ2v) is 7.38. The number of rotatable bonds is 0. The van der Waals surface area contributed by atoms with Crippen LogP contribution in [0.2, 0.25) is 13.1 Å². The van der Waals surface area contributed by atoms with Gasteiger partial charge in [0.2, 0.25) is 0 Å². The Morgan fingerprint density at radius 1 is 0.708 bits per heavy atom. The van der Waals surface area contributed by atoms with Gasteiger partial charge in [-0.1, -0.05) is 62.4 Å². The molecule has 0 N–H and O–H groups in total. The third kappa shape index (κ3) is 8.83. The van der Waals surface area contributed by atoms with E-state index in [0.29, 0.717) is 0 Å². The van der Waals surface area contributed by atoms with E-state index in [9.17, 15) is 0 Å². The predicted octanol–water partition coefficient (Wildman–Crippen LogP) is -0.790. The largest absolute Gasteiger partial charge is 4.00 e. The second kappa shape index (κ2) is 15.8. The molecule has 4 aliphatic carbocycles. The smallest absolute Gasteiger partial charge is 1.00 e. The van der Waals surface area contributed by atoms with Crippen molar-refractivity contribution in [2.75, 3.05) is 0 Å². The van der Waals surface area contributed by atoms with E-state index in [4.69, 9.17) is 0 Å². The summed E-state index contributed by atoms with van der Waals surface area (Å²) in [5.41, 5.74) is 0. The Bertz CT molecular complexity index is 344. The molecule has 0 saturated heterocycles. The number of hydrogen-bond acceptors (Lipinski definition) is 0. The molecule has 4 rings (SSSR count). The summed E-state index contributed by atoms with van der Waals surface area (Å²) in [4.78, 5) is 0. The van der Waals surface area contributed by atoms with E-state index in [1.54, 1.807) is 0 Å². The average molecular weight is 547 g/mol. The van der Waals surface area contributed by atoms with Gasteiger partial charge in [0.1, 0.15) is 0 Å². The van der Waals surface area contributed by atoms with Crippen LogP contribution in [0.25, 0.3) is 0 Å². The van der Waals surface area contributed by atoms with Gasteiger partial charge in [0, 0.05) is 9.52 Å². The standard InChI is InChI=1S/2C9H11.C2H7Si.2ClH.Hf/c2*1-2-5-9-7-3-6-8(9)4-1;1-3-2;;;/h2*1-2,4-6,8-9H,3,7H2;3H,1-2H3;2*1H;/q2*-1;;;;+4/p-2. The Morgan fingerprint density at radius 3 is 1.38 bits per heavy atom. The maximum absolute atomic E-state index is 2.42. The molecular formula is C20H29Cl2HfSi. The molecule has 24 heavy (non-hydrogen) atoms. The van der Waals surface area contributed by atoms with Gasteiger partial charge in [0.05, 0.1) is 0 Å². The van der Waals surface area contributed by atoms with Crippen LogP contribution in [-0.4, -0.2) is 9.52 Å². The van der Waals surface area contributed by atoms with Gasteiger partial charge in [-0.25, -0.2) is 0 Å². The summed E-state index contributed by atoms with van der Waals surface area (Å²) in [7, 11) is 0.750. The van der Waals surface area contributed by atoms with Crippen LogP contribution < -0.4 is 24.8 Å². The van der Waals surface area contributed by atoms with Crippen LogP contribution in [0.4, 0.5) is 0 Å². The maximum atomic E-state index is 2.42. The van der Waals surface area contributed by atoms with Crippen molar-refractivity contribution in [3.8, 4) is 0 Å². The molecule has 0 aliphatic heterocycles. The van der Waals surface area contributed by atoms with Crippen molar-refractivity contribution in [2.24, 2.45) is 23.7 Å². The van der Waals surface area contributed by atoms with E-state index in [2.05, 4.69) is 74.5 Å². The summed E-state index contributed by atoms with van der Waals surface area (Å²) >= 11 is 0. The van der Waals surface area contributed by atoms with Gasteiger partial charge in [-0.15, -0.1) is 24.0 Å². The molecule has 0 bridgehead atoms. The van der Waals surface area contributed by atoms with E-state index in [-0.39, 0.29) is 50.7 Å². The zero-order valence-electron chi connectivity index (χ0n) is 14.7. The first-order valence-corrected chi connectivity index (χ1v) is 10.8. The first kappa shape index (κ1) is 26.9. The number of allylic oxidation sites excluding steroid dienone is 8. The van der Waals surface area contributed by atoms with Crippen molar-refractivity contribution >= 4 is 9.52 Å². The van der Waals surface area contributed by atoms with Gasteiger partial charge in [0.25, 0.3) is 0 Å². The summed E-state index contributed by atoms with van der Waals surface area (Å²) in [6.45, 7) is 4.42. The topological polar surface area (TPSA) is 0 Å². The van der Waals surface area contributed by atoms with E-state index in [0.717, 1.165) is 33.2 Å². The fraction of sp³-hybridized carbons (Fsp3) is 0.500.